The highest BCUT2D eigenvalue weighted by atomic mass is 16.5. The Kier molecular flexibility index (Phi) is 4.92. The van der Waals surface area contributed by atoms with Gasteiger partial charge in [0, 0.05) is 49.7 Å². The lowest BCUT2D eigenvalue weighted by atomic mass is 9.61. The van der Waals surface area contributed by atoms with Crippen LogP contribution >= 0.6 is 0 Å². The minimum atomic E-state index is -0.475. The van der Waals surface area contributed by atoms with Gasteiger partial charge >= 0.3 is 0 Å². The number of aromatic nitrogens is 1. The Morgan fingerprint density at radius 3 is 2.45 bits per heavy atom. The third kappa shape index (κ3) is 3.11. The Morgan fingerprint density at radius 2 is 1.90 bits per heavy atom. The molecule has 1 aromatic rings. The molecule has 6 heteroatoms. The zero-order valence-corrected chi connectivity index (χ0v) is 17.4. The monoisotopic (exact) mass is 399 g/mol. The van der Waals surface area contributed by atoms with Gasteiger partial charge in [-0.2, -0.15) is 0 Å². The molecule has 5 rings (SSSR count). The molecular formula is C23H33N3O3. The Labute approximate surface area is 173 Å². The van der Waals surface area contributed by atoms with E-state index < -0.39 is 5.91 Å². The van der Waals surface area contributed by atoms with Gasteiger partial charge in [0.15, 0.2) is 0 Å². The molecule has 29 heavy (non-hydrogen) atoms. The highest BCUT2D eigenvalue weighted by Gasteiger charge is 2.54. The van der Waals surface area contributed by atoms with Gasteiger partial charge in [-0.05, 0) is 56.2 Å². The highest BCUT2D eigenvalue weighted by molar-refractivity contribution is 5.90. The molecule has 2 bridgehead atoms. The summed E-state index contributed by atoms with van der Waals surface area (Å²) >= 11 is 0. The number of fused-ring (bicyclic) bond motifs is 2. The van der Waals surface area contributed by atoms with E-state index in [2.05, 4.69) is 9.88 Å². The molecule has 6 nitrogen and oxygen atoms in total. The summed E-state index contributed by atoms with van der Waals surface area (Å²) in [6.07, 6.45) is 10.5. The fraction of sp³-hybridized carbons (Fsp3) is 0.739. The SMILES string of the molecule is CO[C@@]1(c2ccnc(C(N)=O)c2)[C@@H]2CCC[C@H]1CN(C1CCC3(CC1)COC3)C2. The number of methoxy groups -OCH3 is 1. The van der Waals surface area contributed by atoms with Crippen LogP contribution in [0.5, 0.6) is 0 Å². The molecule has 4 fully saturated rings. The topological polar surface area (TPSA) is 77.7 Å². The van der Waals surface area contributed by atoms with E-state index in [1.54, 1.807) is 6.20 Å². The van der Waals surface area contributed by atoms with Crippen molar-refractivity contribution in [2.75, 3.05) is 33.4 Å². The fourth-order valence-corrected chi connectivity index (χ4v) is 6.76. The van der Waals surface area contributed by atoms with Crippen LogP contribution in [0.15, 0.2) is 18.3 Å². The molecule has 158 valence electrons. The standard InChI is InChI=1S/C23H33N3O3/c1-28-23(16-7-10-25-20(11-16)21(24)27)17-3-2-4-18(23)13-26(12-17)19-5-8-22(9-6-19)14-29-15-22/h7,10-11,17-19H,2-6,8-9,12-15H2,1H3,(H2,24,27)/t17-,18+,23+. The Balaban J connectivity index is 1.38. The third-order valence-corrected chi connectivity index (χ3v) is 8.38. The largest absolute Gasteiger partial charge is 0.380 e. The van der Waals surface area contributed by atoms with Crippen molar-refractivity contribution >= 4 is 5.91 Å². The molecule has 2 N–H and O–H groups in total. The fourth-order valence-electron chi connectivity index (χ4n) is 6.76. The number of hydrogen-bond acceptors (Lipinski definition) is 5. The van der Waals surface area contributed by atoms with Crippen LogP contribution in [-0.2, 0) is 15.1 Å². The van der Waals surface area contributed by atoms with Gasteiger partial charge in [-0.3, -0.25) is 14.7 Å². The minimum Gasteiger partial charge on any atom is -0.380 e. The summed E-state index contributed by atoms with van der Waals surface area (Å²) in [5, 5.41) is 0. The molecule has 2 aliphatic heterocycles. The number of carbonyl (C=O) groups excluding carboxylic acids is 1. The van der Waals surface area contributed by atoms with Crippen LogP contribution in [0.2, 0.25) is 0 Å². The minimum absolute atomic E-state index is 0.333. The molecule has 2 saturated carbocycles. The molecule has 3 atom stereocenters. The van der Waals surface area contributed by atoms with Gasteiger partial charge in [0.1, 0.15) is 11.3 Å². The van der Waals surface area contributed by atoms with Gasteiger partial charge in [0.25, 0.3) is 5.91 Å². The van der Waals surface area contributed by atoms with Crippen LogP contribution in [0, 0.1) is 17.3 Å². The molecular weight excluding hydrogens is 366 g/mol. The van der Waals surface area contributed by atoms with E-state index in [9.17, 15) is 4.79 Å². The first-order valence-electron chi connectivity index (χ1n) is 11.2. The van der Waals surface area contributed by atoms with Gasteiger partial charge in [0.05, 0.1) is 13.2 Å². The average molecular weight is 400 g/mol. The first-order valence-corrected chi connectivity index (χ1v) is 11.2. The molecule has 0 unspecified atom stereocenters. The summed E-state index contributed by atoms with van der Waals surface area (Å²) < 4.78 is 11.8. The number of likely N-dealkylation sites (tertiary alicyclic amines) is 1. The first kappa shape index (κ1) is 19.5. The smallest absolute Gasteiger partial charge is 0.267 e. The Bertz CT molecular complexity index is 754. The molecule has 1 spiro atoms. The normalized spacial score (nSPS) is 34.7. The second kappa shape index (κ2) is 7.33. The summed E-state index contributed by atoms with van der Waals surface area (Å²) in [7, 11) is 1.84. The third-order valence-electron chi connectivity index (χ3n) is 8.38. The average Bonchev–Trinajstić information content (AvgIpc) is 2.71. The Morgan fingerprint density at radius 1 is 1.21 bits per heavy atom. The quantitative estimate of drug-likeness (QED) is 0.842. The van der Waals surface area contributed by atoms with Crippen LogP contribution < -0.4 is 5.73 Å². The molecule has 2 saturated heterocycles. The van der Waals surface area contributed by atoms with Crippen LogP contribution in [0.4, 0.5) is 0 Å². The number of hydrogen-bond donors (Lipinski definition) is 1. The second-order valence-corrected chi connectivity index (χ2v) is 9.79. The van der Waals surface area contributed by atoms with Gasteiger partial charge in [-0.15, -0.1) is 0 Å². The van der Waals surface area contributed by atoms with E-state index in [0.29, 0.717) is 29.0 Å². The number of amides is 1. The number of pyridine rings is 1. The van der Waals surface area contributed by atoms with Crippen LogP contribution in [0.3, 0.4) is 0 Å². The maximum absolute atomic E-state index is 11.7. The van der Waals surface area contributed by atoms with E-state index in [1.807, 2.05) is 19.2 Å². The molecule has 3 heterocycles. The number of nitrogens with two attached hydrogens (primary N) is 1. The molecule has 4 aliphatic rings. The van der Waals surface area contributed by atoms with Crippen molar-refractivity contribution in [3.63, 3.8) is 0 Å². The summed E-state index contributed by atoms with van der Waals surface area (Å²) in [5.41, 5.74) is 7.09. The lowest BCUT2D eigenvalue weighted by Gasteiger charge is -2.58. The highest BCUT2D eigenvalue weighted by Crippen LogP contribution is 2.53. The Hall–Kier alpha value is -1.50. The van der Waals surface area contributed by atoms with E-state index in [0.717, 1.165) is 31.9 Å². The number of ether oxygens (including phenoxy) is 2. The van der Waals surface area contributed by atoms with Crippen molar-refractivity contribution in [3.05, 3.63) is 29.6 Å². The number of nitrogens with zero attached hydrogens (tertiary/aromatic N) is 2. The molecule has 1 aromatic heterocycles. The first-order chi connectivity index (χ1) is 14.1. The van der Waals surface area contributed by atoms with Crippen molar-refractivity contribution in [1.82, 2.24) is 9.88 Å². The molecule has 0 aromatic carbocycles. The van der Waals surface area contributed by atoms with E-state index in [1.165, 1.54) is 44.9 Å². The zero-order valence-electron chi connectivity index (χ0n) is 17.4. The van der Waals surface area contributed by atoms with Crippen molar-refractivity contribution in [2.24, 2.45) is 23.0 Å². The maximum Gasteiger partial charge on any atom is 0.267 e. The van der Waals surface area contributed by atoms with Gasteiger partial charge in [0.2, 0.25) is 0 Å². The van der Waals surface area contributed by atoms with Crippen molar-refractivity contribution in [3.8, 4) is 0 Å². The van der Waals surface area contributed by atoms with Crippen molar-refractivity contribution in [2.45, 2.75) is 56.6 Å². The molecule has 2 aliphatic carbocycles. The lowest BCUT2D eigenvalue weighted by Crippen LogP contribution is -2.61. The van der Waals surface area contributed by atoms with Crippen LogP contribution in [0.1, 0.15) is 61.0 Å². The number of piperidine rings is 1. The number of primary amides is 1. The van der Waals surface area contributed by atoms with Gasteiger partial charge < -0.3 is 15.2 Å². The predicted octanol–water partition coefficient (Wildman–Crippen LogP) is 2.71. The van der Waals surface area contributed by atoms with Gasteiger partial charge in [-0.25, -0.2) is 0 Å². The van der Waals surface area contributed by atoms with Crippen molar-refractivity contribution < 1.29 is 14.3 Å². The maximum atomic E-state index is 11.7. The zero-order chi connectivity index (χ0) is 20.1. The van der Waals surface area contributed by atoms with Crippen molar-refractivity contribution in [1.29, 1.82) is 0 Å². The predicted molar refractivity (Wildman–Crippen MR) is 109 cm³/mol. The molecule has 1 amide bonds. The van der Waals surface area contributed by atoms with E-state index in [4.69, 9.17) is 15.2 Å². The number of carbonyl (C=O) groups is 1. The van der Waals surface area contributed by atoms with E-state index in [-0.39, 0.29) is 5.60 Å². The van der Waals surface area contributed by atoms with Crippen LogP contribution in [-0.4, -0.2) is 55.2 Å². The number of rotatable bonds is 4. The summed E-state index contributed by atoms with van der Waals surface area (Å²) in [6, 6.07) is 4.59. The van der Waals surface area contributed by atoms with Gasteiger partial charge in [-0.1, -0.05) is 6.42 Å². The molecule has 0 radical (unpaired) electrons. The summed E-state index contributed by atoms with van der Waals surface area (Å²) in [5.74, 6) is 0.397. The summed E-state index contributed by atoms with van der Waals surface area (Å²) in [6.45, 7) is 4.10. The summed E-state index contributed by atoms with van der Waals surface area (Å²) in [4.78, 5) is 18.6. The van der Waals surface area contributed by atoms with E-state index >= 15 is 0 Å². The lowest BCUT2D eigenvalue weighted by molar-refractivity contribution is -0.182. The van der Waals surface area contributed by atoms with Crippen LogP contribution in [0.25, 0.3) is 0 Å². The second-order valence-electron chi connectivity index (χ2n) is 9.79.